The fourth-order valence-corrected chi connectivity index (χ4v) is 3.39. The predicted octanol–water partition coefficient (Wildman–Crippen LogP) is 3.10. The van der Waals surface area contributed by atoms with E-state index in [1.165, 1.54) is 0 Å². The first-order valence-electron chi connectivity index (χ1n) is 6.88. The van der Waals surface area contributed by atoms with Crippen molar-refractivity contribution in [2.45, 2.75) is 24.8 Å². The number of carbonyl (C=O) groups is 1. The van der Waals surface area contributed by atoms with Crippen LogP contribution in [0, 0.1) is 0 Å². The van der Waals surface area contributed by atoms with Crippen LogP contribution in [0.25, 0.3) is 0 Å². The van der Waals surface area contributed by atoms with Gasteiger partial charge in [-0.3, -0.25) is 4.79 Å². The van der Waals surface area contributed by atoms with Gasteiger partial charge in [-0.25, -0.2) is 0 Å². The summed E-state index contributed by atoms with van der Waals surface area (Å²) in [5.41, 5.74) is 1.79. The third-order valence-electron chi connectivity index (χ3n) is 3.30. The van der Waals surface area contributed by atoms with E-state index >= 15 is 0 Å². The number of aromatic nitrogens is 2. The molecule has 0 spiro atoms. The average molecular weight is 337 g/mol. The third kappa shape index (κ3) is 3.59. The lowest BCUT2D eigenvalue weighted by molar-refractivity contribution is 0.0788. The Kier molecular flexibility index (Phi) is 5.79. The zero-order chi connectivity index (χ0) is 16.1. The van der Waals surface area contributed by atoms with Crippen LogP contribution in [0.1, 0.15) is 27.9 Å². The van der Waals surface area contributed by atoms with Crippen LogP contribution in [-0.2, 0) is 13.0 Å². The van der Waals surface area contributed by atoms with Crippen LogP contribution in [0.5, 0.6) is 5.75 Å². The highest BCUT2D eigenvalue weighted by Crippen LogP contribution is 2.28. The predicted molar refractivity (Wildman–Crippen MR) is 89.9 cm³/mol. The summed E-state index contributed by atoms with van der Waals surface area (Å²) >= 11 is 2.79. The molecule has 0 radical (unpaired) electrons. The third-order valence-corrected chi connectivity index (χ3v) is 4.83. The molecule has 118 valence electrons. The van der Waals surface area contributed by atoms with Gasteiger partial charge in [-0.2, -0.15) is 0 Å². The van der Waals surface area contributed by atoms with Crippen molar-refractivity contribution in [3.05, 3.63) is 34.3 Å². The van der Waals surface area contributed by atoms with Crippen LogP contribution < -0.4 is 4.74 Å². The summed E-state index contributed by atoms with van der Waals surface area (Å²) in [7, 11) is 3.45. The Labute approximate surface area is 138 Å². The summed E-state index contributed by atoms with van der Waals surface area (Å²) in [5, 5.41) is 3.99. The van der Waals surface area contributed by atoms with E-state index in [1.54, 1.807) is 30.8 Å². The lowest BCUT2D eigenvalue weighted by Gasteiger charge is -2.17. The van der Waals surface area contributed by atoms with Crippen LogP contribution in [-0.4, -0.2) is 40.8 Å². The second kappa shape index (κ2) is 7.60. The van der Waals surface area contributed by atoms with Gasteiger partial charge in [-0.15, -0.1) is 16.9 Å². The van der Waals surface area contributed by atoms with E-state index in [-0.39, 0.29) is 5.91 Å². The molecular weight excluding hydrogens is 318 g/mol. The number of thioether (sulfide) groups is 1. The number of amides is 1. The van der Waals surface area contributed by atoms with Crippen molar-refractivity contribution in [1.82, 2.24) is 14.5 Å². The molecule has 0 aliphatic rings. The van der Waals surface area contributed by atoms with Crippen LogP contribution in [0.4, 0.5) is 0 Å². The molecule has 0 atom stereocenters. The molecule has 22 heavy (non-hydrogen) atoms. The van der Waals surface area contributed by atoms with Crippen molar-refractivity contribution >= 4 is 29.2 Å². The van der Waals surface area contributed by atoms with Crippen molar-refractivity contribution < 1.29 is 9.53 Å². The molecular formula is C15H19N3O2S2. The zero-order valence-electron chi connectivity index (χ0n) is 13.1. The molecule has 1 aromatic heterocycles. The standard InChI is InChI=1S/C15H19N3O2S2/c1-5-11-14(22-17-16-11)15(19)18(2)9-10-6-7-13(21-4)12(8-10)20-3/h6-8H,5,9H2,1-4H3. The Bertz CT molecular complexity index is 658. The van der Waals surface area contributed by atoms with Crippen LogP contribution in [0.2, 0.25) is 0 Å². The fourth-order valence-electron chi connectivity index (χ4n) is 2.10. The second-order valence-corrected chi connectivity index (χ2v) is 6.36. The summed E-state index contributed by atoms with van der Waals surface area (Å²) in [6, 6.07) is 6.01. The first kappa shape index (κ1) is 16.8. The normalized spacial score (nSPS) is 10.5. The minimum atomic E-state index is -0.0419. The van der Waals surface area contributed by atoms with E-state index in [9.17, 15) is 4.79 Å². The van der Waals surface area contributed by atoms with Gasteiger partial charge in [-0.1, -0.05) is 17.5 Å². The number of hydrogen-bond donors (Lipinski definition) is 0. The number of rotatable bonds is 6. The molecule has 2 aromatic rings. The smallest absolute Gasteiger partial charge is 0.267 e. The molecule has 5 nitrogen and oxygen atoms in total. The van der Waals surface area contributed by atoms with Gasteiger partial charge < -0.3 is 9.64 Å². The fraction of sp³-hybridized carbons (Fsp3) is 0.400. The SMILES string of the molecule is CCc1nnsc1C(=O)N(C)Cc1ccc(SC)c(OC)c1. The maximum atomic E-state index is 12.5. The number of ether oxygens (including phenoxy) is 1. The highest BCUT2D eigenvalue weighted by atomic mass is 32.2. The van der Waals surface area contributed by atoms with Gasteiger partial charge in [-0.05, 0) is 41.9 Å². The number of benzene rings is 1. The lowest BCUT2D eigenvalue weighted by atomic mass is 10.2. The van der Waals surface area contributed by atoms with Gasteiger partial charge in [0.1, 0.15) is 10.6 Å². The maximum absolute atomic E-state index is 12.5. The molecule has 7 heteroatoms. The molecule has 0 aliphatic heterocycles. The Morgan fingerprint density at radius 2 is 2.23 bits per heavy atom. The summed E-state index contributed by atoms with van der Waals surface area (Å²) in [5.74, 6) is 0.791. The van der Waals surface area contributed by atoms with Gasteiger partial charge in [0, 0.05) is 18.5 Å². The van der Waals surface area contributed by atoms with Gasteiger partial charge in [0.05, 0.1) is 12.8 Å². The maximum Gasteiger partial charge on any atom is 0.267 e. The minimum absolute atomic E-state index is 0.0419. The first-order valence-corrected chi connectivity index (χ1v) is 8.88. The Hall–Kier alpha value is -1.60. The van der Waals surface area contributed by atoms with Crippen LogP contribution in [0.3, 0.4) is 0 Å². The number of methoxy groups -OCH3 is 1. The second-order valence-electron chi connectivity index (χ2n) is 4.75. The topological polar surface area (TPSA) is 55.3 Å². The Morgan fingerprint density at radius 3 is 2.86 bits per heavy atom. The molecule has 1 aromatic carbocycles. The summed E-state index contributed by atoms with van der Waals surface area (Å²) in [6.45, 7) is 2.49. The van der Waals surface area contributed by atoms with E-state index in [4.69, 9.17) is 4.74 Å². The quantitative estimate of drug-likeness (QED) is 0.758. The molecule has 0 saturated heterocycles. The Morgan fingerprint density at radius 1 is 1.45 bits per heavy atom. The van der Waals surface area contributed by atoms with E-state index < -0.39 is 0 Å². The van der Waals surface area contributed by atoms with Crippen LogP contribution in [0.15, 0.2) is 23.1 Å². The molecule has 0 bridgehead atoms. The highest BCUT2D eigenvalue weighted by molar-refractivity contribution is 7.98. The summed E-state index contributed by atoms with van der Waals surface area (Å²) in [6.07, 6.45) is 2.72. The lowest BCUT2D eigenvalue weighted by Crippen LogP contribution is -2.26. The van der Waals surface area contributed by atoms with Gasteiger partial charge >= 0.3 is 0 Å². The zero-order valence-corrected chi connectivity index (χ0v) is 14.8. The van der Waals surface area contributed by atoms with E-state index in [0.717, 1.165) is 33.4 Å². The van der Waals surface area contributed by atoms with Crippen molar-refractivity contribution in [2.24, 2.45) is 0 Å². The average Bonchev–Trinajstić information content (AvgIpc) is 3.02. The number of carbonyl (C=O) groups excluding carboxylic acids is 1. The molecule has 0 saturated carbocycles. The molecule has 0 N–H and O–H groups in total. The van der Waals surface area contributed by atoms with Crippen molar-refractivity contribution in [3.8, 4) is 5.75 Å². The van der Waals surface area contributed by atoms with Crippen molar-refractivity contribution in [2.75, 3.05) is 20.4 Å². The minimum Gasteiger partial charge on any atom is -0.496 e. The first-order chi connectivity index (χ1) is 10.6. The summed E-state index contributed by atoms with van der Waals surface area (Å²) in [4.78, 5) is 15.9. The van der Waals surface area contributed by atoms with Gasteiger partial charge in [0.25, 0.3) is 5.91 Å². The van der Waals surface area contributed by atoms with Gasteiger partial charge in [0.15, 0.2) is 0 Å². The highest BCUT2D eigenvalue weighted by Gasteiger charge is 2.19. The summed E-state index contributed by atoms with van der Waals surface area (Å²) < 4.78 is 9.26. The van der Waals surface area contributed by atoms with Crippen LogP contribution >= 0.6 is 23.3 Å². The Balaban J connectivity index is 2.15. The van der Waals surface area contributed by atoms with E-state index in [0.29, 0.717) is 17.8 Å². The molecule has 1 amide bonds. The number of hydrogen-bond acceptors (Lipinski definition) is 6. The largest absolute Gasteiger partial charge is 0.496 e. The molecule has 1 heterocycles. The monoisotopic (exact) mass is 337 g/mol. The van der Waals surface area contributed by atoms with E-state index in [2.05, 4.69) is 9.59 Å². The molecule has 0 aliphatic carbocycles. The van der Waals surface area contributed by atoms with Gasteiger partial charge in [0.2, 0.25) is 0 Å². The molecule has 2 rings (SSSR count). The number of aryl methyl sites for hydroxylation is 1. The molecule has 0 unspecified atom stereocenters. The number of nitrogens with zero attached hydrogens (tertiary/aromatic N) is 3. The van der Waals surface area contributed by atoms with Crippen molar-refractivity contribution in [1.29, 1.82) is 0 Å². The van der Waals surface area contributed by atoms with E-state index in [1.807, 2.05) is 31.4 Å². The van der Waals surface area contributed by atoms with Crippen molar-refractivity contribution in [3.63, 3.8) is 0 Å². The molecule has 0 fully saturated rings.